The van der Waals surface area contributed by atoms with E-state index in [4.69, 9.17) is 33.0 Å². The number of benzene rings is 1. The van der Waals surface area contributed by atoms with E-state index in [0.29, 0.717) is 5.56 Å². The molecule has 116 valence electrons. The molecule has 0 bridgehead atoms. The number of carbonyl (C=O) groups is 2. The molecule has 1 atom stereocenters. The van der Waals surface area contributed by atoms with E-state index in [9.17, 15) is 9.59 Å². The van der Waals surface area contributed by atoms with Gasteiger partial charge in [-0.25, -0.2) is 4.79 Å². The second-order valence-corrected chi connectivity index (χ2v) is 6.25. The molecule has 1 rings (SSSR count). The van der Waals surface area contributed by atoms with Gasteiger partial charge in [-0.05, 0) is 32.9 Å². The third-order valence-corrected chi connectivity index (χ3v) is 3.08. The maximum Gasteiger partial charge on any atom is 0.408 e. The molecule has 7 heteroatoms. The smallest absolute Gasteiger partial charge is 0.408 e. The Morgan fingerprint density at radius 3 is 2.24 bits per heavy atom. The Bertz CT molecular complexity index is 520. The predicted octanol–water partition coefficient (Wildman–Crippen LogP) is 4.03. The Balaban J connectivity index is 3.01. The Morgan fingerprint density at radius 2 is 1.81 bits per heavy atom. The van der Waals surface area contributed by atoms with Crippen molar-refractivity contribution in [3.8, 4) is 0 Å². The van der Waals surface area contributed by atoms with Gasteiger partial charge in [0.05, 0.1) is 12.5 Å². The van der Waals surface area contributed by atoms with Crippen LogP contribution in [0.4, 0.5) is 4.79 Å². The molecule has 0 saturated heterocycles. The highest BCUT2D eigenvalue weighted by Gasteiger charge is 2.25. The SMILES string of the molecule is CC(C)(C)OC(=O)N[C@H](CC(=O)O)c1c(Cl)cccc1Cl. The maximum atomic E-state index is 11.8. The van der Waals surface area contributed by atoms with Crippen LogP contribution in [0.15, 0.2) is 18.2 Å². The summed E-state index contributed by atoms with van der Waals surface area (Å²) in [6.07, 6.45) is -1.09. The summed E-state index contributed by atoms with van der Waals surface area (Å²) in [6, 6.07) is 3.92. The summed E-state index contributed by atoms with van der Waals surface area (Å²) in [4.78, 5) is 22.8. The molecule has 0 aliphatic heterocycles. The molecule has 1 aromatic carbocycles. The number of carboxylic acids is 1. The van der Waals surface area contributed by atoms with Crippen LogP contribution >= 0.6 is 23.2 Å². The second kappa shape index (κ2) is 7.00. The summed E-state index contributed by atoms with van der Waals surface area (Å²) in [7, 11) is 0. The van der Waals surface area contributed by atoms with E-state index in [1.807, 2.05) is 0 Å². The van der Waals surface area contributed by atoms with Gasteiger partial charge in [0, 0.05) is 15.6 Å². The fourth-order valence-corrected chi connectivity index (χ4v) is 2.35. The van der Waals surface area contributed by atoms with E-state index in [1.54, 1.807) is 39.0 Å². The maximum absolute atomic E-state index is 11.8. The van der Waals surface area contributed by atoms with Crippen molar-refractivity contribution in [2.45, 2.75) is 38.8 Å². The van der Waals surface area contributed by atoms with Crippen molar-refractivity contribution >= 4 is 35.3 Å². The summed E-state index contributed by atoms with van der Waals surface area (Å²) in [5, 5.41) is 12.1. The van der Waals surface area contributed by atoms with Gasteiger partial charge in [-0.2, -0.15) is 0 Å². The van der Waals surface area contributed by atoms with Crippen LogP contribution in [0.5, 0.6) is 0 Å². The number of halogens is 2. The molecule has 0 saturated carbocycles. The summed E-state index contributed by atoms with van der Waals surface area (Å²) in [5.41, 5.74) is -0.337. The lowest BCUT2D eigenvalue weighted by atomic mass is 10.0. The van der Waals surface area contributed by atoms with Crippen molar-refractivity contribution in [1.82, 2.24) is 5.32 Å². The van der Waals surface area contributed by atoms with Gasteiger partial charge in [-0.15, -0.1) is 0 Å². The van der Waals surface area contributed by atoms with Crippen LogP contribution in [0.2, 0.25) is 10.0 Å². The lowest BCUT2D eigenvalue weighted by Gasteiger charge is -2.24. The first-order valence-corrected chi connectivity index (χ1v) is 7.01. The lowest BCUT2D eigenvalue weighted by molar-refractivity contribution is -0.137. The van der Waals surface area contributed by atoms with Crippen LogP contribution in [-0.2, 0) is 9.53 Å². The van der Waals surface area contributed by atoms with Gasteiger partial charge in [0.25, 0.3) is 0 Å². The minimum absolute atomic E-state index is 0.282. The fraction of sp³-hybridized carbons (Fsp3) is 0.429. The largest absolute Gasteiger partial charge is 0.481 e. The number of hydrogen-bond acceptors (Lipinski definition) is 3. The molecule has 0 aromatic heterocycles. The van der Waals surface area contributed by atoms with Gasteiger partial charge < -0.3 is 15.2 Å². The van der Waals surface area contributed by atoms with Gasteiger partial charge in [0.2, 0.25) is 0 Å². The Morgan fingerprint density at radius 1 is 1.29 bits per heavy atom. The number of alkyl carbamates (subject to hydrolysis) is 1. The van der Waals surface area contributed by atoms with Gasteiger partial charge in [0.15, 0.2) is 0 Å². The van der Waals surface area contributed by atoms with E-state index >= 15 is 0 Å². The van der Waals surface area contributed by atoms with Crippen molar-refractivity contribution in [3.63, 3.8) is 0 Å². The Hall–Kier alpha value is -1.46. The van der Waals surface area contributed by atoms with E-state index in [-0.39, 0.29) is 16.5 Å². The summed E-state index contributed by atoms with van der Waals surface area (Å²) >= 11 is 12.1. The van der Waals surface area contributed by atoms with Crippen LogP contribution in [-0.4, -0.2) is 22.8 Å². The number of carbonyl (C=O) groups excluding carboxylic acids is 1. The zero-order chi connectivity index (χ0) is 16.2. The molecule has 1 aromatic rings. The molecule has 0 aliphatic rings. The predicted molar refractivity (Wildman–Crippen MR) is 80.8 cm³/mol. The minimum Gasteiger partial charge on any atom is -0.481 e. The van der Waals surface area contributed by atoms with Gasteiger partial charge in [-0.1, -0.05) is 29.3 Å². The fourth-order valence-electron chi connectivity index (χ4n) is 1.69. The topological polar surface area (TPSA) is 75.6 Å². The Kier molecular flexibility index (Phi) is 5.87. The van der Waals surface area contributed by atoms with Crippen LogP contribution in [0, 0.1) is 0 Å². The number of amides is 1. The number of carboxylic acid groups (broad SMARTS) is 1. The average Bonchev–Trinajstić information content (AvgIpc) is 2.24. The highest BCUT2D eigenvalue weighted by molar-refractivity contribution is 6.36. The quantitative estimate of drug-likeness (QED) is 0.871. The zero-order valence-electron chi connectivity index (χ0n) is 11.9. The van der Waals surface area contributed by atoms with E-state index in [0.717, 1.165) is 0 Å². The van der Waals surface area contributed by atoms with Crippen LogP contribution < -0.4 is 5.32 Å². The highest BCUT2D eigenvalue weighted by Crippen LogP contribution is 2.32. The average molecular weight is 334 g/mol. The molecule has 5 nitrogen and oxygen atoms in total. The molecule has 0 spiro atoms. The molecule has 0 unspecified atom stereocenters. The lowest BCUT2D eigenvalue weighted by Crippen LogP contribution is -2.36. The number of ether oxygens (including phenoxy) is 1. The van der Waals surface area contributed by atoms with Crippen LogP contribution in [0.1, 0.15) is 38.8 Å². The normalized spacial score (nSPS) is 12.6. The third-order valence-electron chi connectivity index (χ3n) is 2.42. The van der Waals surface area contributed by atoms with Crippen molar-refractivity contribution < 1.29 is 19.4 Å². The molecular formula is C14H17Cl2NO4. The molecule has 2 N–H and O–H groups in total. The Labute approximate surface area is 133 Å². The molecule has 0 radical (unpaired) electrons. The number of rotatable bonds is 4. The number of aliphatic carboxylic acids is 1. The van der Waals surface area contributed by atoms with Gasteiger partial charge in [0.1, 0.15) is 5.60 Å². The number of hydrogen-bond donors (Lipinski definition) is 2. The first-order valence-electron chi connectivity index (χ1n) is 6.25. The molecule has 1 amide bonds. The molecular weight excluding hydrogens is 317 g/mol. The van der Waals surface area contributed by atoms with Crippen LogP contribution in [0.25, 0.3) is 0 Å². The number of nitrogens with one attached hydrogen (secondary N) is 1. The zero-order valence-corrected chi connectivity index (χ0v) is 13.5. The highest BCUT2D eigenvalue weighted by atomic mass is 35.5. The second-order valence-electron chi connectivity index (χ2n) is 5.43. The van der Waals surface area contributed by atoms with Gasteiger partial charge in [-0.3, -0.25) is 4.79 Å². The molecule has 21 heavy (non-hydrogen) atoms. The first kappa shape index (κ1) is 17.6. The minimum atomic E-state index is -1.09. The summed E-state index contributed by atoms with van der Waals surface area (Å²) in [5.74, 6) is -1.09. The standard InChI is InChI=1S/C14H17Cl2NO4/c1-14(2,3)21-13(20)17-10(7-11(18)19)12-8(15)5-4-6-9(12)16/h4-6,10H,7H2,1-3H3,(H,17,20)(H,18,19)/t10-/m1/s1. The van der Waals surface area contributed by atoms with Gasteiger partial charge >= 0.3 is 12.1 Å². The molecule has 0 fully saturated rings. The molecule has 0 aliphatic carbocycles. The molecule has 0 heterocycles. The van der Waals surface area contributed by atoms with E-state index < -0.39 is 23.7 Å². The monoisotopic (exact) mass is 333 g/mol. The van der Waals surface area contributed by atoms with Crippen molar-refractivity contribution in [2.24, 2.45) is 0 Å². The van der Waals surface area contributed by atoms with Crippen molar-refractivity contribution in [2.75, 3.05) is 0 Å². The van der Waals surface area contributed by atoms with Crippen molar-refractivity contribution in [3.05, 3.63) is 33.8 Å². The first-order chi connectivity index (χ1) is 9.60. The summed E-state index contributed by atoms with van der Waals surface area (Å²) < 4.78 is 5.12. The van der Waals surface area contributed by atoms with E-state index in [1.165, 1.54) is 0 Å². The summed E-state index contributed by atoms with van der Waals surface area (Å²) in [6.45, 7) is 5.13. The van der Waals surface area contributed by atoms with Crippen LogP contribution in [0.3, 0.4) is 0 Å². The van der Waals surface area contributed by atoms with E-state index in [2.05, 4.69) is 5.32 Å². The van der Waals surface area contributed by atoms with Crippen molar-refractivity contribution in [1.29, 1.82) is 0 Å². The third kappa shape index (κ3) is 5.81.